The molecule has 0 saturated heterocycles. The van der Waals surface area contributed by atoms with Gasteiger partial charge in [0.05, 0.1) is 30.2 Å². The molecule has 0 aliphatic carbocycles. The van der Waals surface area contributed by atoms with Gasteiger partial charge in [0.15, 0.2) is 0 Å². The van der Waals surface area contributed by atoms with Crippen molar-refractivity contribution in [2.45, 2.75) is 23.6 Å². The maximum Gasteiger partial charge on any atom is 0.126 e. The predicted octanol–water partition coefficient (Wildman–Crippen LogP) is 7.08. The molecule has 2 aromatic heterocycles. The molecule has 0 amide bonds. The number of fused-ring (bicyclic) bond motifs is 2. The molecule has 0 saturated carbocycles. The molecule has 0 spiro atoms. The molecule has 42 heavy (non-hydrogen) atoms. The molecule has 0 aliphatic rings. The number of hydrogen-bond acceptors (Lipinski definition) is 12. The van der Waals surface area contributed by atoms with E-state index in [1.54, 1.807) is 0 Å². The molecule has 0 unspecified atom stereocenters. The highest BCUT2D eigenvalue weighted by molar-refractivity contribution is 7.86. The molecule has 212 valence electrons. The van der Waals surface area contributed by atoms with Crippen LogP contribution < -0.4 is 0 Å². The summed E-state index contributed by atoms with van der Waals surface area (Å²) in [5.41, 5.74) is 3.65. The minimum absolute atomic E-state index is 0.314. The van der Waals surface area contributed by atoms with Gasteiger partial charge in [0, 0.05) is 11.1 Å². The molecule has 6 aromatic rings. The highest BCUT2D eigenvalue weighted by Gasteiger charge is 2.17. The normalized spacial score (nSPS) is 12.6. The van der Waals surface area contributed by atoms with Crippen molar-refractivity contribution in [3.05, 3.63) is 83.9 Å². The third-order valence-electron chi connectivity index (χ3n) is 6.30. The summed E-state index contributed by atoms with van der Waals surface area (Å²) >= 11 is 2.67. The Morgan fingerprint density at radius 1 is 0.595 bits per heavy atom. The number of thiazole rings is 2. The number of hydrogen-bond donors (Lipinski definition) is 0. The molecule has 0 aliphatic heterocycles. The van der Waals surface area contributed by atoms with Crippen molar-refractivity contribution in [2.24, 2.45) is 10.2 Å². The molecule has 6 rings (SSSR count). The van der Waals surface area contributed by atoms with Crippen LogP contribution in [0.15, 0.2) is 92.8 Å². The number of azo groups is 1. The van der Waals surface area contributed by atoms with Crippen molar-refractivity contribution in [1.82, 2.24) is 9.97 Å². The van der Waals surface area contributed by atoms with E-state index in [1.165, 1.54) is 46.9 Å². The largest absolute Gasteiger partial charge is 0.744 e. The van der Waals surface area contributed by atoms with Crippen LogP contribution >= 0.6 is 22.7 Å². The van der Waals surface area contributed by atoms with E-state index < -0.39 is 30.0 Å². The molecule has 4 aromatic carbocycles. The summed E-state index contributed by atoms with van der Waals surface area (Å²) in [4.78, 5) is 7.76. The van der Waals surface area contributed by atoms with Crippen LogP contribution in [0, 0.1) is 13.8 Å². The highest BCUT2D eigenvalue weighted by Crippen LogP contribution is 2.38. The van der Waals surface area contributed by atoms with Crippen LogP contribution in [0.1, 0.15) is 11.1 Å². The van der Waals surface area contributed by atoms with Crippen molar-refractivity contribution in [3.63, 3.8) is 0 Å². The summed E-state index contributed by atoms with van der Waals surface area (Å²) in [6, 6.07) is 19.4. The molecule has 14 heteroatoms. The first-order chi connectivity index (χ1) is 19.8. The van der Waals surface area contributed by atoms with Crippen LogP contribution in [0.2, 0.25) is 0 Å². The second kappa shape index (κ2) is 10.4. The van der Waals surface area contributed by atoms with E-state index in [0.717, 1.165) is 43.7 Å². The number of nitrogens with zero attached hydrogens (tertiary/aromatic N) is 4. The number of benzene rings is 4. The van der Waals surface area contributed by atoms with Crippen molar-refractivity contribution in [3.8, 4) is 21.1 Å². The Morgan fingerprint density at radius 2 is 1.00 bits per heavy atom. The van der Waals surface area contributed by atoms with Gasteiger partial charge in [0.1, 0.15) is 41.6 Å². The lowest BCUT2D eigenvalue weighted by atomic mass is 10.2. The number of aryl methyl sites for hydroxylation is 2. The fraction of sp³-hybridized carbons (Fsp3) is 0.0714. The summed E-state index contributed by atoms with van der Waals surface area (Å²) in [7, 11) is -10.0. The molecule has 10 nitrogen and oxygen atoms in total. The van der Waals surface area contributed by atoms with Gasteiger partial charge in [0.25, 0.3) is 0 Å². The Hall–Kier alpha value is -3.92. The van der Waals surface area contributed by atoms with Gasteiger partial charge in [-0.25, -0.2) is 26.8 Å². The highest BCUT2D eigenvalue weighted by atomic mass is 32.2. The molecule has 0 bridgehead atoms. The number of rotatable bonds is 6. The van der Waals surface area contributed by atoms with Crippen LogP contribution in [0.4, 0.5) is 11.4 Å². The Kier molecular flexibility index (Phi) is 7.00. The minimum atomic E-state index is -5.02. The lowest BCUT2D eigenvalue weighted by Gasteiger charge is -2.12. The van der Waals surface area contributed by atoms with E-state index in [-0.39, 0.29) is 11.4 Å². The van der Waals surface area contributed by atoms with Gasteiger partial charge in [-0.1, -0.05) is 12.1 Å². The Bertz CT molecular complexity index is 2130. The van der Waals surface area contributed by atoms with Crippen LogP contribution in [0.3, 0.4) is 0 Å². The SMILES string of the molecule is Cc1ccc2sc(-c3ccc(N=Nc4ccc(-c5nc6cc(C)ccc6s5)cc4S(=O)(=O)[O-])c(S(=O)(=O)[O-])c3)nc2c1. The molecular weight excluding hydrogens is 617 g/mol. The quantitative estimate of drug-likeness (QED) is 0.138. The first-order valence-corrected chi connectivity index (χ1v) is 16.7. The monoisotopic (exact) mass is 634 g/mol. The zero-order chi connectivity index (χ0) is 29.8. The Balaban J connectivity index is 1.40. The van der Waals surface area contributed by atoms with Crippen LogP contribution in [0.5, 0.6) is 0 Å². The zero-order valence-electron chi connectivity index (χ0n) is 21.8. The minimum Gasteiger partial charge on any atom is -0.744 e. The van der Waals surface area contributed by atoms with E-state index in [0.29, 0.717) is 21.1 Å². The van der Waals surface area contributed by atoms with E-state index in [1.807, 2.05) is 50.2 Å². The topological polar surface area (TPSA) is 165 Å². The standard InChI is InChI=1S/C28H20N4O6S4/c1-15-3-9-23-21(11-15)29-27(39-23)17-5-7-19(25(13-17)41(33,34)35)31-32-20-8-6-18(14-26(20)42(36,37)38)28-30-22-12-16(2)4-10-24(22)40-28/h3-14H,1-2H3,(H,33,34,35)(H,36,37,38)/p-2. The van der Waals surface area contributed by atoms with Crippen LogP contribution in [-0.2, 0) is 20.2 Å². The third kappa shape index (κ3) is 5.60. The summed E-state index contributed by atoms with van der Waals surface area (Å²) < 4.78 is 74.8. The third-order valence-corrected chi connectivity index (χ3v) is 10.2. The average molecular weight is 635 g/mol. The van der Waals surface area contributed by atoms with E-state index in [2.05, 4.69) is 20.2 Å². The molecule has 0 fully saturated rings. The van der Waals surface area contributed by atoms with Gasteiger partial charge < -0.3 is 9.11 Å². The molecule has 0 N–H and O–H groups in total. The first-order valence-electron chi connectivity index (χ1n) is 12.2. The molecular formula is C28H18N4O6S4-2. The summed E-state index contributed by atoms with van der Waals surface area (Å²) in [6.07, 6.45) is 0. The van der Waals surface area contributed by atoms with Gasteiger partial charge in [0.2, 0.25) is 0 Å². The van der Waals surface area contributed by atoms with Crippen molar-refractivity contribution in [2.75, 3.05) is 0 Å². The average Bonchev–Trinajstić information content (AvgIpc) is 3.54. The smallest absolute Gasteiger partial charge is 0.126 e. The number of aromatic nitrogens is 2. The summed E-state index contributed by atoms with van der Waals surface area (Å²) in [6.45, 7) is 3.86. The van der Waals surface area contributed by atoms with Crippen molar-refractivity contribution >= 4 is 74.7 Å². The van der Waals surface area contributed by atoms with Gasteiger partial charge in [-0.2, -0.15) is 0 Å². The predicted molar refractivity (Wildman–Crippen MR) is 160 cm³/mol. The fourth-order valence-electron chi connectivity index (χ4n) is 4.29. The Morgan fingerprint density at radius 3 is 1.38 bits per heavy atom. The second-order valence-corrected chi connectivity index (χ2v) is 14.2. The maximum absolute atomic E-state index is 12.2. The van der Waals surface area contributed by atoms with E-state index in [9.17, 15) is 25.9 Å². The lowest BCUT2D eigenvalue weighted by Crippen LogP contribution is -2.00. The first kappa shape index (κ1) is 28.2. The van der Waals surface area contributed by atoms with Crippen molar-refractivity contribution in [1.29, 1.82) is 0 Å². The van der Waals surface area contributed by atoms with Gasteiger partial charge >= 0.3 is 0 Å². The molecule has 0 radical (unpaired) electrons. The van der Waals surface area contributed by atoms with Gasteiger partial charge in [-0.3, -0.25) is 0 Å². The molecule has 2 heterocycles. The van der Waals surface area contributed by atoms with E-state index >= 15 is 0 Å². The van der Waals surface area contributed by atoms with Gasteiger partial charge in [-0.05, 0) is 85.6 Å². The Labute approximate surface area is 248 Å². The molecule has 0 atom stereocenters. The fourth-order valence-corrected chi connectivity index (χ4v) is 7.45. The zero-order valence-corrected chi connectivity index (χ0v) is 25.1. The van der Waals surface area contributed by atoms with E-state index in [4.69, 9.17) is 0 Å². The van der Waals surface area contributed by atoms with Crippen LogP contribution in [0.25, 0.3) is 41.6 Å². The van der Waals surface area contributed by atoms with Gasteiger partial charge in [-0.15, -0.1) is 32.9 Å². The van der Waals surface area contributed by atoms with Crippen LogP contribution in [-0.4, -0.2) is 35.9 Å². The van der Waals surface area contributed by atoms with Crippen molar-refractivity contribution < 1.29 is 25.9 Å². The summed E-state index contributed by atoms with van der Waals surface area (Å²) in [5, 5.41) is 8.74. The lowest BCUT2D eigenvalue weighted by molar-refractivity contribution is 0.460. The summed E-state index contributed by atoms with van der Waals surface area (Å²) in [5.74, 6) is 0. The second-order valence-electron chi connectivity index (χ2n) is 9.45. The maximum atomic E-state index is 12.2.